The molecule has 6 nitrogen and oxygen atoms in total. The maximum Gasteiger partial charge on any atom is 0.243 e. The molecule has 0 saturated heterocycles. The van der Waals surface area contributed by atoms with Crippen LogP contribution in [0.25, 0.3) is 0 Å². The van der Waals surface area contributed by atoms with E-state index in [9.17, 15) is 0 Å². The van der Waals surface area contributed by atoms with Gasteiger partial charge in [0.15, 0.2) is 0 Å². The van der Waals surface area contributed by atoms with E-state index in [1.807, 2.05) is 30.6 Å². The Kier molecular flexibility index (Phi) is 5.15. The van der Waals surface area contributed by atoms with E-state index in [0.717, 1.165) is 36.6 Å². The molecular formula is C18H22N6. The van der Waals surface area contributed by atoms with Gasteiger partial charge in [-0.3, -0.25) is 0 Å². The molecule has 124 valence electrons. The minimum absolute atomic E-state index is 0.554. The topological polar surface area (TPSA) is 68.5 Å². The third kappa shape index (κ3) is 3.76. The molecule has 0 amide bonds. The molecule has 0 spiro atoms. The van der Waals surface area contributed by atoms with Crippen LogP contribution in [0, 0.1) is 0 Å². The Morgan fingerprint density at radius 1 is 1.00 bits per heavy atom. The summed E-state index contributed by atoms with van der Waals surface area (Å²) >= 11 is 0. The largest absolute Gasteiger partial charge is 0.346 e. The lowest BCUT2D eigenvalue weighted by molar-refractivity contribution is 0.729. The van der Waals surface area contributed by atoms with Gasteiger partial charge in [-0.25, -0.2) is 9.97 Å². The fraction of sp³-hybridized carbons (Fsp3) is 0.333. The molecule has 6 heteroatoms. The van der Waals surface area contributed by atoms with Crippen LogP contribution in [-0.4, -0.2) is 24.7 Å². The van der Waals surface area contributed by atoms with E-state index >= 15 is 0 Å². The van der Waals surface area contributed by atoms with Crippen molar-refractivity contribution in [2.75, 3.05) is 5.32 Å². The highest BCUT2D eigenvalue weighted by molar-refractivity contribution is 5.26. The summed E-state index contributed by atoms with van der Waals surface area (Å²) in [5.41, 5.74) is 3.21. The number of rotatable bonds is 7. The first-order chi connectivity index (χ1) is 11.8. The zero-order valence-electron chi connectivity index (χ0n) is 14.1. The first-order valence-corrected chi connectivity index (χ1v) is 8.30. The number of nitrogens with zero attached hydrogens (tertiary/aromatic N) is 5. The fourth-order valence-electron chi connectivity index (χ4n) is 2.60. The van der Waals surface area contributed by atoms with Crippen LogP contribution in [-0.2, 0) is 25.9 Å². The first kappa shape index (κ1) is 16.1. The molecule has 0 atom stereocenters. The molecule has 0 fully saturated rings. The summed E-state index contributed by atoms with van der Waals surface area (Å²) in [6.07, 6.45) is 5.51. The lowest BCUT2D eigenvalue weighted by Gasteiger charge is -2.10. The van der Waals surface area contributed by atoms with Gasteiger partial charge in [0.2, 0.25) is 5.95 Å². The fourth-order valence-corrected chi connectivity index (χ4v) is 2.60. The predicted octanol–water partition coefficient (Wildman–Crippen LogP) is 2.85. The number of imidazole rings is 1. The molecule has 3 aromatic rings. The molecule has 0 aliphatic heterocycles. The number of hydrogen-bond acceptors (Lipinski definition) is 5. The number of aromatic nitrogens is 5. The van der Waals surface area contributed by atoms with Crippen molar-refractivity contribution in [3.63, 3.8) is 0 Å². The van der Waals surface area contributed by atoms with Gasteiger partial charge >= 0.3 is 0 Å². The quantitative estimate of drug-likeness (QED) is 0.724. The Bertz CT molecular complexity index is 781. The van der Waals surface area contributed by atoms with Crippen LogP contribution in [0.3, 0.4) is 0 Å². The van der Waals surface area contributed by atoms with Crippen molar-refractivity contribution < 1.29 is 0 Å². The highest BCUT2D eigenvalue weighted by Gasteiger charge is 2.08. The number of aryl methyl sites for hydroxylation is 2. The van der Waals surface area contributed by atoms with Gasteiger partial charge in [0.25, 0.3) is 0 Å². The van der Waals surface area contributed by atoms with Crippen molar-refractivity contribution in [1.29, 1.82) is 0 Å². The molecule has 1 aromatic carbocycles. The zero-order valence-corrected chi connectivity index (χ0v) is 14.1. The second-order valence-corrected chi connectivity index (χ2v) is 5.55. The summed E-state index contributed by atoms with van der Waals surface area (Å²) in [5, 5.41) is 11.6. The summed E-state index contributed by atoms with van der Waals surface area (Å²) in [6, 6.07) is 10.3. The average molecular weight is 322 g/mol. The molecule has 0 radical (unpaired) electrons. The van der Waals surface area contributed by atoms with Crippen LogP contribution in [0.5, 0.6) is 0 Å². The zero-order chi connectivity index (χ0) is 16.8. The second kappa shape index (κ2) is 7.68. The van der Waals surface area contributed by atoms with E-state index < -0.39 is 0 Å². The van der Waals surface area contributed by atoms with E-state index in [-0.39, 0.29) is 0 Å². The van der Waals surface area contributed by atoms with Crippen molar-refractivity contribution in [2.45, 2.75) is 39.8 Å². The molecule has 2 aromatic heterocycles. The lowest BCUT2D eigenvalue weighted by atomic mass is 10.2. The molecule has 1 N–H and O–H groups in total. The van der Waals surface area contributed by atoms with Crippen molar-refractivity contribution in [2.24, 2.45) is 0 Å². The van der Waals surface area contributed by atoms with Crippen molar-refractivity contribution in [3.05, 3.63) is 65.5 Å². The van der Waals surface area contributed by atoms with Gasteiger partial charge in [-0.2, -0.15) is 5.10 Å². The molecule has 3 rings (SSSR count). The van der Waals surface area contributed by atoms with E-state index in [1.54, 1.807) is 0 Å². The number of nitrogens with one attached hydrogen (secondary N) is 1. The molecule has 2 heterocycles. The van der Waals surface area contributed by atoms with Crippen LogP contribution in [0.4, 0.5) is 5.95 Å². The van der Waals surface area contributed by atoms with Crippen molar-refractivity contribution in [1.82, 2.24) is 24.7 Å². The Balaban J connectivity index is 1.68. The monoisotopic (exact) mass is 322 g/mol. The van der Waals surface area contributed by atoms with Crippen LogP contribution < -0.4 is 5.32 Å². The average Bonchev–Trinajstić information content (AvgIpc) is 3.07. The minimum atomic E-state index is 0.554. The number of hydrogen-bond donors (Lipinski definition) is 1. The maximum absolute atomic E-state index is 4.55. The standard InChI is InChI=1S/C18H22N6/c1-3-15-16(4-2)22-23-18(21-15)20-12-17-19-10-11-24(17)13-14-8-6-5-7-9-14/h5-11H,3-4,12-13H2,1-2H3,(H,20,21,23). The van der Waals surface area contributed by atoms with Crippen molar-refractivity contribution in [3.8, 4) is 0 Å². The van der Waals surface area contributed by atoms with E-state index in [1.165, 1.54) is 5.56 Å². The van der Waals surface area contributed by atoms with Gasteiger partial charge in [0, 0.05) is 18.9 Å². The maximum atomic E-state index is 4.55. The Hall–Kier alpha value is -2.76. The summed E-state index contributed by atoms with van der Waals surface area (Å²) in [6.45, 7) is 5.51. The van der Waals surface area contributed by atoms with E-state index in [4.69, 9.17) is 0 Å². The second-order valence-electron chi connectivity index (χ2n) is 5.55. The van der Waals surface area contributed by atoms with Gasteiger partial charge in [0.05, 0.1) is 17.9 Å². The Morgan fingerprint density at radius 3 is 2.54 bits per heavy atom. The molecular weight excluding hydrogens is 300 g/mol. The molecule has 0 aliphatic rings. The van der Waals surface area contributed by atoms with Gasteiger partial charge in [-0.15, -0.1) is 5.10 Å². The Morgan fingerprint density at radius 2 is 1.79 bits per heavy atom. The summed E-state index contributed by atoms with van der Waals surface area (Å²) in [7, 11) is 0. The van der Waals surface area contributed by atoms with E-state index in [2.05, 4.69) is 56.0 Å². The molecule has 0 bridgehead atoms. The first-order valence-electron chi connectivity index (χ1n) is 8.30. The van der Waals surface area contributed by atoms with Crippen LogP contribution in [0.1, 0.15) is 36.6 Å². The Labute approximate surface area is 142 Å². The molecule has 0 aliphatic carbocycles. The third-order valence-corrected chi connectivity index (χ3v) is 3.91. The molecule has 24 heavy (non-hydrogen) atoms. The summed E-state index contributed by atoms with van der Waals surface area (Å²) in [5.74, 6) is 1.50. The predicted molar refractivity (Wildman–Crippen MR) is 93.7 cm³/mol. The lowest BCUT2D eigenvalue weighted by Crippen LogP contribution is -2.13. The number of benzene rings is 1. The van der Waals surface area contributed by atoms with Gasteiger partial charge in [0.1, 0.15) is 5.82 Å². The third-order valence-electron chi connectivity index (χ3n) is 3.91. The normalized spacial score (nSPS) is 10.8. The van der Waals surface area contributed by atoms with E-state index in [0.29, 0.717) is 12.5 Å². The van der Waals surface area contributed by atoms with Crippen molar-refractivity contribution >= 4 is 5.95 Å². The highest BCUT2D eigenvalue weighted by Crippen LogP contribution is 2.09. The number of anilines is 1. The summed E-state index contributed by atoms with van der Waals surface area (Å²) < 4.78 is 2.12. The highest BCUT2D eigenvalue weighted by atomic mass is 15.2. The van der Waals surface area contributed by atoms with Crippen LogP contribution in [0.2, 0.25) is 0 Å². The summed E-state index contributed by atoms with van der Waals surface area (Å²) in [4.78, 5) is 8.98. The molecule has 0 unspecified atom stereocenters. The minimum Gasteiger partial charge on any atom is -0.346 e. The smallest absolute Gasteiger partial charge is 0.243 e. The van der Waals surface area contributed by atoms with Gasteiger partial charge in [-0.05, 0) is 18.4 Å². The van der Waals surface area contributed by atoms with Crippen LogP contribution >= 0.6 is 0 Å². The van der Waals surface area contributed by atoms with Crippen LogP contribution in [0.15, 0.2) is 42.7 Å². The van der Waals surface area contributed by atoms with Gasteiger partial charge in [-0.1, -0.05) is 44.2 Å². The molecule has 0 saturated carbocycles. The van der Waals surface area contributed by atoms with Gasteiger partial charge < -0.3 is 9.88 Å². The SMILES string of the molecule is CCc1nnc(NCc2nccn2Cc2ccccc2)nc1CC.